The van der Waals surface area contributed by atoms with E-state index in [1.807, 2.05) is 6.79 Å². The van der Waals surface area contributed by atoms with E-state index in [9.17, 15) is 14.7 Å². The molecule has 0 saturated heterocycles. The number of nitrogens with one attached hydrogen (secondary N) is 1. The molecule has 0 aliphatic heterocycles. The van der Waals surface area contributed by atoms with Crippen LogP contribution in [0.3, 0.4) is 0 Å². The third kappa shape index (κ3) is 5.08. The molecule has 4 aliphatic carbocycles. The molecule has 0 aromatic rings. The summed E-state index contributed by atoms with van der Waals surface area (Å²) in [6.45, 7) is 9.58. The predicted octanol–water partition coefficient (Wildman–Crippen LogP) is 4.83. The molecule has 9 atom stereocenters. The van der Waals surface area contributed by atoms with Gasteiger partial charge >= 0.3 is 5.97 Å². The molecule has 0 radical (unpaired) electrons. The summed E-state index contributed by atoms with van der Waals surface area (Å²) >= 11 is 0. The van der Waals surface area contributed by atoms with Gasteiger partial charge in [0.05, 0.1) is 12.5 Å². The molecule has 4 rings (SSSR count). The van der Waals surface area contributed by atoms with E-state index in [1.165, 1.54) is 51.4 Å². The Kier molecular flexibility index (Phi) is 8.86. The van der Waals surface area contributed by atoms with Crippen molar-refractivity contribution in [1.29, 1.82) is 0 Å². The van der Waals surface area contributed by atoms with Crippen LogP contribution in [0.4, 0.5) is 0 Å². The molecule has 0 aromatic heterocycles. The van der Waals surface area contributed by atoms with Gasteiger partial charge < -0.3 is 20.3 Å². The number of aliphatic hydroxyl groups is 1. The number of amides is 1. The number of carboxylic acids is 1. The molecule has 6 nitrogen and oxygen atoms in total. The Hall–Kier alpha value is -1.43. The van der Waals surface area contributed by atoms with E-state index < -0.39 is 5.97 Å². The average Bonchev–Trinajstić information content (AvgIpc) is 3.16. The second kappa shape index (κ2) is 11.1. The van der Waals surface area contributed by atoms with Crippen LogP contribution in [0.5, 0.6) is 0 Å². The van der Waals surface area contributed by atoms with Crippen molar-refractivity contribution in [3.8, 4) is 0 Å². The van der Waals surface area contributed by atoms with Gasteiger partial charge in [-0.2, -0.15) is 0 Å². The van der Waals surface area contributed by atoms with Gasteiger partial charge in [0.1, 0.15) is 6.79 Å². The molecule has 4 aliphatic rings. The standard InChI is InChI=1S/C27H45NO4.CH2O/c1-17(7-10-23(30)28-15-12-24(31)32)19-11-14-27(3)20(19)8-9-21-25(27)22(29)16-18-6-4-5-13-26(18,21)2;1-2/h17-22,25,29H,4-16H2,1-3H3,(H,28,30)(H,31,32);1H2/t17-,18?,19-,20?,21+,22?,25?,26?,27-;/m1./s1. The molecule has 0 bridgehead atoms. The van der Waals surface area contributed by atoms with Gasteiger partial charge in [-0.25, -0.2) is 0 Å². The number of aliphatic hydroxyl groups excluding tert-OH is 1. The quantitative estimate of drug-likeness (QED) is 0.487. The normalized spacial score (nSPS) is 41.6. The van der Waals surface area contributed by atoms with Crippen molar-refractivity contribution in [2.75, 3.05) is 6.54 Å². The molecule has 34 heavy (non-hydrogen) atoms. The predicted molar refractivity (Wildman–Crippen MR) is 132 cm³/mol. The summed E-state index contributed by atoms with van der Waals surface area (Å²) in [5, 5.41) is 22.9. The van der Waals surface area contributed by atoms with E-state index in [0.29, 0.717) is 47.3 Å². The van der Waals surface area contributed by atoms with Gasteiger partial charge in [-0.15, -0.1) is 0 Å². The molecular weight excluding hydrogens is 430 g/mol. The summed E-state index contributed by atoms with van der Waals surface area (Å²) in [6, 6.07) is 0. The number of carboxylic acid groups (broad SMARTS) is 1. The van der Waals surface area contributed by atoms with Crippen LogP contribution >= 0.6 is 0 Å². The fraction of sp³-hybridized carbons (Fsp3) is 0.893. The highest BCUT2D eigenvalue weighted by atomic mass is 16.4. The minimum atomic E-state index is -0.877. The molecule has 1 amide bonds. The lowest BCUT2D eigenvalue weighted by Gasteiger charge is -2.63. The molecule has 4 saturated carbocycles. The zero-order chi connectivity index (χ0) is 25.1. The van der Waals surface area contributed by atoms with Gasteiger partial charge in [0.25, 0.3) is 0 Å². The molecule has 0 aromatic carbocycles. The largest absolute Gasteiger partial charge is 0.481 e. The lowest BCUT2D eigenvalue weighted by atomic mass is 9.43. The minimum absolute atomic E-state index is 0.0188. The monoisotopic (exact) mass is 477 g/mol. The fourth-order valence-electron chi connectivity index (χ4n) is 9.15. The molecule has 5 unspecified atom stereocenters. The van der Waals surface area contributed by atoms with Crippen molar-refractivity contribution in [3.05, 3.63) is 0 Å². The smallest absolute Gasteiger partial charge is 0.305 e. The van der Waals surface area contributed by atoms with Crippen LogP contribution in [0.25, 0.3) is 0 Å². The number of rotatable bonds is 7. The van der Waals surface area contributed by atoms with E-state index in [4.69, 9.17) is 9.90 Å². The summed E-state index contributed by atoms with van der Waals surface area (Å²) in [6.07, 6.45) is 12.6. The summed E-state index contributed by atoms with van der Waals surface area (Å²) < 4.78 is 0. The van der Waals surface area contributed by atoms with Crippen molar-refractivity contribution in [2.45, 2.75) is 104 Å². The highest BCUT2D eigenvalue weighted by molar-refractivity contribution is 5.76. The van der Waals surface area contributed by atoms with Crippen LogP contribution in [0.1, 0.15) is 97.8 Å². The molecule has 4 fully saturated rings. The maximum atomic E-state index is 12.2. The Labute approximate surface area is 205 Å². The zero-order valence-electron chi connectivity index (χ0n) is 21.6. The number of carbonyl (C=O) groups is 3. The maximum Gasteiger partial charge on any atom is 0.305 e. The SMILES string of the molecule is C=O.C[C@H](CCC(=O)NCCC(=O)O)[C@H]1CC[C@]2(C)C1CC[C@H]1C2C(O)CC2CCCCC21C. The first kappa shape index (κ1) is 27.2. The number of hydrogen-bond acceptors (Lipinski definition) is 4. The van der Waals surface area contributed by atoms with Crippen molar-refractivity contribution >= 4 is 18.7 Å². The van der Waals surface area contributed by atoms with Crippen LogP contribution in [0.15, 0.2) is 0 Å². The second-order valence-electron chi connectivity index (χ2n) is 12.3. The van der Waals surface area contributed by atoms with Crippen molar-refractivity contribution in [3.63, 3.8) is 0 Å². The van der Waals surface area contributed by atoms with E-state index >= 15 is 0 Å². The van der Waals surface area contributed by atoms with E-state index in [1.54, 1.807) is 0 Å². The number of carbonyl (C=O) groups excluding carboxylic acids is 2. The van der Waals surface area contributed by atoms with Crippen LogP contribution in [0, 0.1) is 46.3 Å². The summed E-state index contributed by atoms with van der Waals surface area (Å²) in [4.78, 5) is 30.8. The molecule has 0 heterocycles. The van der Waals surface area contributed by atoms with Gasteiger partial charge in [0.2, 0.25) is 5.91 Å². The van der Waals surface area contributed by atoms with Gasteiger partial charge in [-0.3, -0.25) is 9.59 Å². The molecule has 0 spiro atoms. The molecular formula is C28H47NO5. The summed E-state index contributed by atoms with van der Waals surface area (Å²) in [5.41, 5.74) is 0.657. The molecule has 3 N–H and O–H groups in total. The lowest BCUT2D eigenvalue weighted by Crippen LogP contribution is -2.59. The van der Waals surface area contributed by atoms with Gasteiger partial charge in [-0.05, 0) is 97.7 Å². The Morgan fingerprint density at radius 2 is 1.71 bits per heavy atom. The second-order valence-corrected chi connectivity index (χ2v) is 12.3. The topological polar surface area (TPSA) is 104 Å². The zero-order valence-corrected chi connectivity index (χ0v) is 21.6. The average molecular weight is 478 g/mol. The van der Waals surface area contributed by atoms with E-state index in [-0.39, 0.29) is 30.4 Å². The Morgan fingerprint density at radius 3 is 2.41 bits per heavy atom. The number of fused-ring (bicyclic) bond motifs is 5. The molecule has 6 heteroatoms. The Balaban J connectivity index is 0.00000158. The first-order chi connectivity index (χ1) is 16.2. The fourth-order valence-corrected chi connectivity index (χ4v) is 9.15. The van der Waals surface area contributed by atoms with E-state index in [2.05, 4.69) is 26.1 Å². The van der Waals surface area contributed by atoms with Gasteiger partial charge in [-0.1, -0.05) is 33.6 Å². The maximum absolute atomic E-state index is 12.2. The molecule has 194 valence electrons. The highest BCUT2D eigenvalue weighted by Crippen LogP contribution is 2.68. The highest BCUT2D eigenvalue weighted by Gasteiger charge is 2.63. The van der Waals surface area contributed by atoms with Crippen molar-refractivity contribution in [2.24, 2.45) is 46.3 Å². The van der Waals surface area contributed by atoms with E-state index in [0.717, 1.165) is 12.8 Å². The third-order valence-corrected chi connectivity index (χ3v) is 10.8. The van der Waals surface area contributed by atoms with Crippen molar-refractivity contribution < 1.29 is 24.6 Å². The minimum Gasteiger partial charge on any atom is -0.481 e. The van der Waals surface area contributed by atoms with Crippen molar-refractivity contribution in [1.82, 2.24) is 5.32 Å². The Morgan fingerprint density at radius 1 is 1.00 bits per heavy atom. The summed E-state index contributed by atoms with van der Waals surface area (Å²) in [5.74, 6) is 2.71. The number of aliphatic carboxylic acids is 1. The number of hydrogen-bond donors (Lipinski definition) is 3. The van der Waals surface area contributed by atoms with Crippen LogP contribution in [-0.2, 0) is 14.4 Å². The summed E-state index contributed by atoms with van der Waals surface area (Å²) in [7, 11) is 0. The van der Waals surface area contributed by atoms with Crippen LogP contribution < -0.4 is 5.32 Å². The Bertz CT molecular complexity index is 728. The first-order valence-electron chi connectivity index (χ1n) is 13.6. The van der Waals surface area contributed by atoms with Gasteiger partial charge in [0.15, 0.2) is 0 Å². The lowest BCUT2D eigenvalue weighted by molar-refractivity contribution is -0.175. The van der Waals surface area contributed by atoms with Crippen LogP contribution in [-0.4, -0.2) is 41.5 Å². The van der Waals surface area contributed by atoms with Gasteiger partial charge in [0, 0.05) is 13.0 Å². The first-order valence-corrected chi connectivity index (χ1v) is 13.6. The third-order valence-electron chi connectivity index (χ3n) is 10.8. The van der Waals surface area contributed by atoms with Crippen LogP contribution in [0.2, 0.25) is 0 Å².